The van der Waals surface area contributed by atoms with Crippen LogP contribution in [0.15, 0.2) is 22.6 Å². The first-order chi connectivity index (χ1) is 14.7. The molecule has 3 fully saturated rings. The predicted molar refractivity (Wildman–Crippen MR) is 111 cm³/mol. The van der Waals surface area contributed by atoms with Crippen LogP contribution in [-0.4, -0.2) is 54.0 Å². The maximum Gasteiger partial charge on any atom is 0.253 e. The number of likely N-dealkylation sites (tertiary alicyclic amines) is 1. The van der Waals surface area contributed by atoms with Gasteiger partial charge in [-0.3, -0.25) is 9.59 Å². The molecule has 2 saturated heterocycles. The fourth-order valence-electron chi connectivity index (χ4n) is 4.47. The van der Waals surface area contributed by atoms with E-state index in [1.807, 2.05) is 23.1 Å². The Hall–Kier alpha value is -2.41. The van der Waals surface area contributed by atoms with Crippen molar-refractivity contribution in [1.82, 2.24) is 15.2 Å². The molecule has 1 aromatic heterocycles. The lowest BCUT2D eigenvalue weighted by atomic mass is 9.92. The lowest BCUT2D eigenvalue weighted by Crippen LogP contribution is -2.40. The van der Waals surface area contributed by atoms with Gasteiger partial charge in [-0.2, -0.15) is 0 Å². The van der Waals surface area contributed by atoms with Crippen molar-refractivity contribution in [3.05, 3.63) is 29.7 Å². The number of rotatable bonds is 6. The first kappa shape index (κ1) is 19.5. The van der Waals surface area contributed by atoms with E-state index in [1.54, 1.807) is 0 Å². The molecule has 1 aliphatic carbocycles. The van der Waals surface area contributed by atoms with Crippen LogP contribution in [0.4, 0.5) is 0 Å². The number of nitrogens with zero attached hydrogens (tertiary/aromatic N) is 2. The number of oxazole rings is 1. The first-order valence-corrected chi connectivity index (χ1v) is 11.2. The highest BCUT2D eigenvalue weighted by molar-refractivity contribution is 5.97. The highest BCUT2D eigenvalue weighted by Gasteiger charge is 2.30. The Morgan fingerprint density at radius 3 is 2.70 bits per heavy atom. The second-order valence-electron chi connectivity index (χ2n) is 8.89. The molecule has 7 heteroatoms. The fourth-order valence-corrected chi connectivity index (χ4v) is 4.47. The molecule has 30 heavy (non-hydrogen) atoms. The molecule has 1 N–H and O–H groups in total. The lowest BCUT2D eigenvalue weighted by molar-refractivity contribution is -0.122. The summed E-state index contributed by atoms with van der Waals surface area (Å²) in [6, 6.07) is 5.53. The van der Waals surface area contributed by atoms with E-state index < -0.39 is 0 Å². The normalized spacial score (nSPS) is 22.5. The van der Waals surface area contributed by atoms with Crippen LogP contribution in [0.3, 0.4) is 0 Å². The second-order valence-corrected chi connectivity index (χ2v) is 8.89. The van der Waals surface area contributed by atoms with Crippen molar-refractivity contribution in [2.75, 3.05) is 26.2 Å². The summed E-state index contributed by atoms with van der Waals surface area (Å²) < 4.78 is 11.3. The first-order valence-electron chi connectivity index (χ1n) is 11.2. The molecule has 0 spiro atoms. The molecule has 160 valence electrons. The van der Waals surface area contributed by atoms with Gasteiger partial charge in [0.25, 0.3) is 5.91 Å². The van der Waals surface area contributed by atoms with E-state index in [2.05, 4.69) is 10.3 Å². The number of benzene rings is 1. The van der Waals surface area contributed by atoms with Crippen LogP contribution in [0.2, 0.25) is 0 Å². The zero-order chi connectivity index (χ0) is 20.5. The Kier molecular flexibility index (Phi) is 5.46. The SMILES string of the molecule is O=C(CC1CCN(C(=O)c2ccc3oc(C4CC4)nc3c2)CC1)NCC1CCCO1. The van der Waals surface area contributed by atoms with Gasteiger partial charge in [0.1, 0.15) is 5.52 Å². The topological polar surface area (TPSA) is 84.7 Å². The zero-order valence-electron chi connectivity index (χ0n) is 17.3. The number of piperidine rings is 1. The lowest BCUT2D eigenvalue weighted by Gasteiger charge is -2.32. The Labute approximate surface area is 176 Å². The molecule has 1 unspecified atom stereocenters. The average molecular weight is 412 g/mol. The van der Waals surface area contributed by atoms with Crippen LogP contribution in [-0.2, 0) is 9.53 Å². The van der Waals surface area contributed by atoms with Gasteiger partial charge in [0.15, 0.2) is 11.5 Å². The monoisotopic (exact) mass is 411 g/mol. The smallest absolute Gasteiger partial charge is 0.253 e. The van der Waals surface area contributed by atoms with Gasteiger partial charge in [0.2, 0.25) is 5.91 Å². The van der Waals surface area contributed by atoms with Gasteiger partial charge < -0.3 is 19.4 Å². The third kappa shape index (κ3) is 4.36. The summed E-state index contributed by atoms with van der Waals surface area (Å²) in [6.07, 6.45) is 6.81. The maximum atomic E-state index is 12.9. The van der Waals surface area contributed by atoms with Crippen LogP contribution >= 0.6 is 0 Å². The summed E-state index contributed by atoms with van der Waals surface area (Å²) in [7, 11) is 0. The van der Waals surface area contributed by atoms with Crippen molar-refractivity contribution < 1.29 is 18.7 Å². The van der Waals surface area contributed by atoms with Gasteiger partial charge in [0, 0.05) is 44.1 Å². The Morgan fingerprint density at radius 1 is 1.13 bits per heavy atom. The minimum Gasteiger partial charge on any atom is -0.440 e. The number of nitrogens with one attached hydrogen (secondary N) is 1. The van der Waals surface area contributed by atoms with Crippen molar-refractivity contribution in [3.63, 3.8) is 0 Å². The minimum absolute atomic E-state index is 0.0363. The summed E-state index contributed by atoms with van der Waals surface area (Å²) in [5.74, 6) is 1.72. The molecule has 1 saturated carbocycles. The molecular weight excluding hydrogens is 382 g/mol. The molecule has 2 aliphatic heterocycles. The molecule has 0 bridgehead atoms. The van der Waals surface area contributed by atoms with E-state index in [4.69, 9.17) is 9.15 Å². The quantitative estimate of drug-likeness (QED) is 0.789. The number of aromatic nitrogens is 1. The number of carbonyl (C=O) groups is 2. The molecule has 2 amide bonds. The van der Waals surface area contributed by atoms with Crippen LogP contribution in [0.5, 0.6) is 0 Å². The van der Waals surface area contributed by atoms with Gasteiger partial charge in [-0.05, 0) is 62.6 Å². The van der Waals surface area contributed by atoms with E-state index in [-0.39, 0.29) is 17.9 Å². The van der Waals surface area contributed by atoms with Crippen molar-refractivity contribution in [2.24, 2.45) is 5.92 Å². The third-order valence-electron chi connectivity index (χ3n) is 6.50. The summed E-state index contributed by atoms with van der Waals surface area (Å²) in [4.78, 5) is 31.6. The Bertz CT molecular complexity index is 922. The molecule has 1 aromatic carbocycles. The molecule has 1 atom stereocenters. The number of amides is 2. The molecular formula is C23H29N3O4. The third-order valence-corrected chi connectivity index (χ3v) is 6.50. The highest BCUT2D eigenvalue weighted by Crippen LogP contribution is 2.40. The fraction of sp³-hybridized carbons (Fsp3) is 0.609. The van der Waals surface area contributed by atoms with Gasteiger partial charge in [-0.1, -0.05) is 0 Å². The number of hydrogen-bond donors (Lipinski definition) is 1. The van der Waals surface area contributed by atoms with Crippen molar-refractivity contribution >= 4 is 22.9 Å². The zero-order valence-corrected chi connectivity index (χ0v) is 17.3. The van der Waals surface area contributed by atoms with E-state index in [0.29, 0.717) is 43.5 Å². The molecule has 3 aliphatic rings. The summed E-state index contributed by atoms with van der Waals surface area (Å²) in [5, 5.41) is 3.00. The standard InChI is InChI=1S/C23H29N3O4/c27-21(24-14-18-2-1-11-29-18)12-15-7-9-26(10-8-15)23(28)17-5-6-20-19(13-17)25-22(30-20)16-3-4-16/h5-6,13,15-16,18H,1-4,7-12,14H2,(H,24,27). The molecule has 7 nitrogen and oxygen atoms in total. The van der Waals surface area contributed by atoms with Crippen molar-refractivity contribution in [3.8, 4) is 0 Å². The largest absolute Gasteiger partial charge is 0.440 e. The number of fused-ring (bicyclic) bond motifs is 1. The van der Waals surface area contributed by atoms with Crippen LogP contribution in [0.1, 0.15) is 67.1 Å². The summed E-state index contributed by atoms with van der Waals surface area (Å²) in [6.45, 7) is 2.79. The van der Waals surface area contributed by atoms with E-state index in [0.717, 1.165) is 62.1 Å². The number of ether oxygens (including phenoxy) is 1. The number of carbonyl (C=O) groups excluding carboxylic acids is 2. The highest BCUT2D eigenvalue weighted by atomic mass is 16.5. The van der Waals surface area contributed by atoms with Crippen LogP contribution in [0.25, 0.3) is 11.1 Å². The average Bonchev–Trinajstić information content (AvgIpc) is 3.31. The molecule has 5 rings (SSSR count). The molecule has 2 aromatic rings. The van der Waals surface area contributed by atoms with Gasteiger partial charge in [0.05, 0.1) is 6.10 Å². The van der Waals surface area contributed by atoms with Crippen LogP contribution < -0.4 is 5.32 Å². The van der Waals surface area contributed by atoms with Crippen molar-refractivity contribution in [1.29, 1.82) is 0 Å². The molecule has 0 radical (unpaired) electrons. The van der Waals surface area contributed by atoms with Crippen LogP contribution in [0, 0.1) is 5.92 Å². The van der Waals surface area contributed by atoms with Gasteiger partial charge in [-0.15, -0.1) is 0 Å². The number of hydrogen-bond acceptors (Lipinski definition) is 5. The van der Waals surface area contributed by atoms with Gasteiger partial charge in [-0.25, -0.2) is 4.98 Å². The second kappa shape index (κ2) is 8.38. The Morgan fingerprint density at radius 2 is 1.97 bits per heavy atom. The summed E-state index contributed by atoms with van der Waals surface area (Å²) in [5.41, 5.74) is 2.17. The summed E-state index contributed by atoms with van der Waals surface area (Å²) >= 11 is 0. The molecule has 3 heterocycles. The Balaban J connectivity index is 1.12. The maximum absolute atomic E-state index is 12.9. The van der Waals surface area contributed by atoms with Gasteiger partial charge >= 0.3 is 0 Å². The minimum atomic E-state index is 0.0363. The predicted octanol–water partition coefficient (Wildman–Crippen LogP) is 3.24. The van der Waals surface area contributed by atoms with E-state index >= 15 is 0 Å². The van der Waals surface area contributed by atoms with E-state index in [9.17, 15) is 9.59 Å². The van der Waals surface area contributed by atoms with E-state index in [1.165, 1.54) is 0 Å². The van der Waals surface area contributed by atoms with Crippen molar-refractivity contribution in [2.45, 2.75) is 57.0 Å².